The summed E-state index contributed by atoms with van der Waals surface area (Å²) >= 11 is 18.7. The minimum Gasteiger partial charge on any atom is -0.478 e. The second-order valence-electron chi connectivity index (χ2n) is 5.72. The van der Waals surface area contributed by atoms with Crippen molar-refractivity contribution in [2.24, 2.45) is 7.05 Å². The highest BCUT2D eigenvalue weighted by atomic mass is 35.5. The number of benzene rings is 2. The third-order valence-corrected chi connectivity index (χ3v) is 5.21. The van der Waals surface area contributed by atoms with Gasteiger partial charge >= 0.3 is 5.97 Å². The standard InChI is InChI=1S/C18H14Cl3NO2/c1-9-5-10(19)6-16-13(9)7-11(22(16)2)8-14-15(20)4-3-12(17(14)21)18(23)24/h3-7H,8H2,1-2H3,(H,23,24). The van der Waals surface area contributed by atoms with Gasteiger partial charge in [0.1, 0.15) is 0 Å². The minimum absolute atomic E-state index is 0.0501. The van der Waals surface area contributed by atoms with Gasteiger partial charge in [0.2, 0.25) is 0 Å². The first kappa shape index (κ1) is 17.2. The van der Waals surface area contributed by atoms with E-state index in [2.05, 4.69) is 6.07 Å². The first-order valence-corrected chi connectivity index (χ1v) is 8.37. The minimum atomic E-state index is -1.07. The van der Waals surface area contributed by atoms with Crippen LogP contribution >= 0.6 is 34.8 Å². The lowest BCUT2D eigenvalue weighted by molar-refractivity contribution is 0.0697. The zero-order chi connectivity index (χ0) is 17.6. The molecule has 0 radical (unpaired) electrons. The zero-order valence-electron chi connectivity index (χ0n) is 13.0. The van der Waals surface area contributed by atoms with Crippen LogP contribution in [-0.4, -0.2) is 15.6 Å². The van der Waals surface area contributed by atoms with Crippen LogP contribution in [0.3, 0.4) is 0 Å². The quantitative estimate of drug-likeness (QED) is 0.628. The second-order valence-corrected chi connectivity index (χ2v) is 6.94. The summed E-state index contributed by atoms with van der Waals surface area (Å²) in [7, 11) is 1.94. The van der Waals surface area contributed by atoms with Crippen LogP contribution in [0.1, 0.15) is 27.2 Å². The molecule has 3 nitrogen and oxygen atoms in total. The molecule has 0 saturated heterocycles. The van der Waals surface area contributed by atoms with Gasteiger partial charge in [-0.25, -0.2) is 4.79 Å². The van der Waals surface area contributed by atoms with Crippen molar-refractivity contribution in [1.29, 1.82) is 0 Å². The first-order chi connectivity index (χ1) is 11.3. The molecule has 3 rings (SSSR count). The van der Waals surface area contributed by atoms with Crippen LogP contribution in [0, 0.1) is 6.92 Å². The molecule has 24 heavy (non-hydrogen) atoms. The van der Waals surface area contributed by atoms with E-state index in [4.69, 9.17) is 34.8 Å². The van der Waals surface area contributed by atoms with Gasteiger partial charge in [0.05, 0.1) is 10.6 Å². The molecule has 0 bridgehead atoms. The molecular weight excluding hydrogens is 369 g/mol. The number of fused-ring (bicyclic) bond motifs is 1. The molecule has 0 saturated carbocycles. The summed E-state index contributed by atoms with van der Waals surface area (Å²) in [5, 5.41) is 11.6. The lowest BCUT2D eigenvalue weighted by Gasteiger charge is -2.10. The number of hydrogen-bond donors (Lipinski definition) is 1. The molecule has 6 heteroatoms. The SMILES string of the molecule is Cc1cc(Cl)cc2c1cc(Cc1c(Cl)ccc(C(=O)O)c1Cl)n2C. The van der Waals surface area contributed by atoms with E-state index in [9.17, 15) is 9.90 Å². The molecule has 3 aromatic rings. The smallest absolute Gasteiger partial charge is 0.337 e. The van der Waals surface area contributed by atoms with Gasteiger partial charge in [-0.3, -0.25) is 0 Å². The number of carboxylic acid groups (broad SMARTS) is 1. The molecule has 0 aliphatic rings. The van der Waals surface area contributed by atoms with E-state index in [0.717, 1.165) is 22.2 Å². The Kier molecular flexibility index (Phi) is 4.52. The highest BCUT2D eigenvalue weighted by molar-refractivity contribution is 6.38. The van der Waals surface area contributed by atoms with E-state index in [-0.39, 0.29) is 10.6 Å². The van der Waals surface area contributed by atoms with Gasteiger partial charge in [-0.2, -0.15) is 0 Å². The van der Waals surface area contributed by atoms with E-state index in [1.54, 1.807) is 6.07 Å². The molecule has 0 aliphatic carbocycles. The average Bonchev–Trinajstić information content (AvgIpc) is 2.80. The third kappa shape index (κ3) is 2.88. The Labute approximate surface area is 154 Å². The molecule has 1 N–H and O–H groups in total. The number of carbonyl (C=O) groups is 1. The van der Waals surface area contributed by atoms with E-state index >= 15 is 0 Å². The fourth-order valence-electron chi connectivity index (χ4n) is 2.90. The van der Waals surface area contributed by atoms with Crippen molar-refractivity contribution in [3.63, 3.8) is 0 Å². The maximum atomic E-state index is 11.3. The Morgan fingerprint density at radius 3 is 2.54 bits per heavy atom. The number of rotatable bonds is 3. The van der Waals surface area contributed by atoms with Crippen LogP contribution in [0.5, 0.6) is 0 Å². The van der Waals surface area contributed by atoms with Crippen molar-refractivity contribution in [2.45, 2.75) is 13.3 Å². The van der Waals surface area contributed by atoms with Crippen LogP contribution in [0.4, 0.5) is 0 Å². The molecule has 0 atom stereocenters. The summed E-state index contributed by atoms with van der Waals surface area (Å²) in [6, 6.07) is 8.86. The van der Waals surface area contributed by atoms with E-state index < -0.39 is 5.97 Å². The van der Waals surface area contributed by atoms with Crippen molar-refractivity contribution in [1.82, 2.24) is 4.57 Å². The van der Waals surface area contributed by atoms with Gasteiger partial charge < -0.3 is 9.67 Å². The van der Waals surface area contributed by atoms with Crippen molar-refractivity contribution in [3.8, 4) is 0 Å². The van der Waals surface area contributed by atoms with Gasteiger partial charge in [0.25, 0.3) is 0 Å². The summed E-state index contributed by atoms with van der Waals surface area (Å²) in [6.45, 7) is 2.00. The molecule has 0 amide bonds. The molecule has 1 aromatic heterocycles. The lowest BCUT2D eigenvalue weighted by Crippen LogP contribution is -2.03. The maximum absolute atomic E-state index is 11.3. The molecule has 0 aliphatic heterocycles. The van der Waals surface area contributed by atoms with Gasteiger partial charge in [0.15, 0.2) is 0 Å². The highest BCUT2D eigenvalue weighted by Gasteiger charge is 2.18. The van der Waals surface area contributed by atoms with Crippen molar-refractivity contribution < 1.29 is 9.90 Å². The summed E-state index contributed by atoms with van der Waals surface area (Å²) in [5.74, 6) is -1.07. The summed E-state index contributed by atoms with van der Waals surface area (Å²) < 4.78 is 2.02. The maximum Gasteiger partial charge on any atom is 0.337 e. The van der Waals surface area contributed by atoms with E-state index in [1.165, 1.54) is 6.07 Å². The number of hydrogen-bond acceptors (Lipinski definition) is 1. The van der Waals surface area contributed by atoms with Crippen LogP contribution < -0.4 is 0 Å². The van der Waals surface area contributed by atoms with Crippen molar-refractivity contribution in [2.75, 3.05) is 0 Å². The number of carboxylic acids is 1. The molecular formula is C18H14Cl3NO2. The zero-order valence-corrected chi connectivity index (χ0v) is 15.3. The summed E-state index contributed by atoms with van der Waals surface area (Å²) in [4.78, 5) is 11.3. The van der Waals surface area contributed by atoms with E-state index in [1.807, 2.05) is 30.7 Å². The normalized spacial score (nSPS) is 11.2. The largest absolute Gasteiger partial charge is 0.478 e. The molecule has 0 unspecified atom stereocenters. The Hall–Kier alpha value is -1.68. The topological polar surface area (TPSA) is 42.2 Å². The Balaban J connectivity index is 2.14. The van der Waals surface area contributed by atoms with Gasteiger partial charge in [-0.05, 0) is 48.4 Å². The highest BCUT2D eigenvalue weighted by Crippen LogP contribution is 2.33. The fourth-order valence-corrected chi connectivity index (χ4v) is 3.75. The molecule has 0 fully saturated rings. The number of aromatic carboxylic acids is 1. The predicted molar refractivity (Wildman–Crippen MR) is 98.9 cm³/mol. The van der Waals surface area contributed by atoms with Crippen LogP contribution in [0.25, 0.3) is 10.9 Å². The number of nitrogens with zero attached hydrogens (tertiary/aromatic N) is 1. The Bertz CT molecular complexity index is 976. The van der Waals surface area contributed by atoms with Gasteiger partial charge in [-0.15, -0.1) is 0 Å². The summed E-state index contributed by atoms with van der Waals surface area (Å²) in [5.41, 5.74) is 3.72. The van der Waals surface area contributed by atoms with Crippen LogP contribution in [0.2, 0.25) is 15.1 Å². The first-order valence-electron chi connectivity index (χ1n) is 7.24. The second kappa shape index (κ2) is 6.32. The molecule has 124 valence electrons. The average molecular weight is 383 g/mol. The Morgan fingerprint density at radius 1 is 1.17 bits per heavy atom. The van der Waals surface area contributed by atoms with Crippen LogP contribution in [0.15, 0.2) is 30.3 Å². The van der Waals surface area contributed by atoms with Gasteiger partial charge in [0, 0.05) is 40.1 Å². The van der Waals surface area contributed by atoms with Crippen LogP contribution in [-0.2, 0) is 13.5 Å². The third-order valence-electron chi connectivity index (χ3n) is 4.21. The van der Waals surface area contributed by atoms with Gasteiger partial charge in [-0.1, -0.05) is 34.8 Å². The van der Waals surface area contributed by atoms with Crippen molar-refractivity contribution >= 4 is 51.7 Å². The molecule has 0 spiro atoms. The number of aryl methyl sites for hydroxylation is 2. The monoisotopic (exact) mass is 381 g/mol. The molecule has 2 aromatic carbocycles. The fraction of sp³-hybridized carbons (Fsp3) is 0.167. The summed E-state index contributed by atoms with van der Waals surface area (Å²) in [6.07, 6.45) is 0.432. The molecule has 1 heterocycles. The predicted octanol–water partition coefficient (Wildman–Crippen LogP) is 5.74. The lowest BCUT2D eigenvalue weighted by atomic mass is 10.1. The van der Waals surface area contributed by atoms with Crippen molar-refractivity contribution in [3.05, 3.63) is 67.8 Å². The number of halogens is 3. The van der Waals surface area contributed by atoms with E-state index in [0.29, 0.717) is 22.0 Å². The Morgan fingerprint density at radius 2 is 1.88 bits per heavy atom. The number of aromatic nitrogens is 1.